The van der Waals surface area contributed by atoms with Gasteiger partial charge in [-0.15, -0.1) is 0 Å². The first kappa shape index (κ1) is 16.9. The molecule has 1 saturated heterocycles. The van der Waals surface area contributed by atoms with Gasteiger partial charge in [-0.1, -0.05) is 35.5 Å². The Labute approximate surface area is 143 Å². The molecule has 4 nitrogen and oxygen atoms in total. The van der Waals surface area contributed by atoms with Crippen molar-refractivity contribution in [2.24, 2.45) is 5.92 Å². The third-order valence-electron chi connectivity index (χ3n) is 5.03. The summed E-state index contributed by atoms with van der Waals surface area (Å²) in [4.78, 5) is 15.0. The van der Waals surface area contributed by atoms with E-state index in [1.165, 1.54) is 11.1 Å². The maximum absolute atomic E-state index is 12.6. The normalized spacial score (nSPS) is 18.7. The van der Waals surface area contributed by atoms with Crippen LogP contribution in [0.25, 0.3) is 0 Å². The van der Waals surface area contributed by atoms with Crippen LogP contribution in [-0.2, 0) is 17.8 Å². The fraction of sp³-hybridized carbons (Fsp3) is 0.500. The second-order valence-corrected chi connectivity index (χ2v) is 6.83. The van der Waals surface area contributed by atoms with Gasteiger partial charge in [-0.3, -0.25) is 9.69 Å². The molecule has 128 valence electrons. The quantitative estimate of drug-likeness (QED) is 0.812. The number of carbonyl (C=O) groups is 1. The number of rotatable bonds is 6. The smallest absolute Gasteiger partial charge is 0.138 e. The largest absolute Gasteiger partial charge is 0.361 e. The first-order valence-electron chi connectivity index (χ1n) is 8.84. The van der Waals surface area contributed by atoms with Gasteiger partial charge in [-0.05, 0) is 45.2 Å². The van der Waals surface area contributed by atoms with Gasteiger partial charge >= 0.3 is 0 Å². The first-order chi connectivity index (χ1) is 11.6. The van der Waals surface area contributed by atoms with Gasteiger partial charge in [0.2, 0.25) is 0 Å². The van der Waals surface area contributed by atoms with Crippen molar-refractivity contribution < 1.29 is 9.32 Å². The van der Waals surface area contributed by atoms with Crippen molar-refractivity contribution in [3.63, 3.8) is 0 Å². The van der Waals surface area contributed by atoms with Gasteiger partial charge in [-0.25, -0.2) is 0 Å². The minimum Gasteiger partial charge on any atom is -0.361 e. The molecular weight excluding hydrogens is 300 g/mol. The molecule has 0 radical (unpaired) electrons. The highest BCUT2D eigenvalue weighted by Gasteiger charge is 2.26. The molecule has 1 aromatic carbocycles. The summed E-state index contributed by atoms with van der Waals surface area (Å²) in [6.45, 7) is 6.69. The second-order valence-electron chi connectivity index (χ2n) is 6.83. The Balaban J connectivity index is 1.54. The number of Topliss-reactive ketones (excluding diaryl/α,β-unsaturated/α-hetero) is 1. The third-order valence-corrected chi connectivity index (χ3v) is 5.03. The van der Waals surface area contributed by atoms with Crippen molar-refractivity contribution in [3.05, 3.63) is 52.9 Å². The van der Waals surface area contributed by atoms with Crippen molar-refractivity contribution in [3.8, 4) is 0 Å². The molecule has 0 saturated carbocycles. The van der Waals surface area contributed by atoms with Crippen LogP contribution in [0.15, 0.2) is 34.9 Å². The lowest BCUT2D eigenvalue weighted by Crippen LogP contribution is -2.38. The van der Waals surface area contributed by atoms with Gasteiger partial charge in [0, 0.05) is 31.0 Å². The zero-order valence-corrected chi connectivity index (χ0v) is 14.6. The molecule has 0 aliphatic carbocycles. The van der Waals surface area contributed by atoms with Crippen molar-refractivity contribution >= 4 is 5.78 Å². The summed E-state index contributed by atoms with van der Waals surface area (Å²) in [5.74, 6) is 1.47. The van der Waals surface area contributed by atoms with E-state index in [2.05, 4.69) is 22.2 Å². The molecule has 4 heteroatoms. The van der Waals surface area contributed by atoms with Gasteiger partial charge in [0.1, 0.15) is 11.5 Å². The highest BCUT2D eigenvalue weighted by molar-refractivity contribution is 5.81. The van der Waals surface area contributed by atoms with E-state index < -0.39 is 0 Å². The maximum atomic E-state index is 12.6. The van der Waals surface area contributed by atoms with Crippen LogP contribution in [0.3, 0.4) is 0 Å². The lowest BCUT2D eigenvalue weighted by Gasteiger charge is -2.32. The van der Waals surface area contributed by atoms with Crippen LogP contribution in [0.5, 0.6) is 0 Å². The van der Waals surface area contributed by atoms with Crippen molar-refractivity contribution in [2.75, 3.05) is 13.1 Å². The predicted molar refractivity (Wildman–Crippen MR) is 93.7 cm³/mol. The molecule has 0 N–H and O–H groups in total. The second kappa shape index (κ2) is 7.75. The fourth-order valence-corrected chi connectivity index (χ4v) is 3.53. The van der Waals surface area contributed by atoms with Crippen LogP contribution >= 0.6 is 0 Å². The minimum absolute atomic E-state index is 0.169. The lowest BCUT2D eigenvalue weighted by atomic mass is 9.90. The average molecular weight is 326 g/mol. The molecule has 0 amide bonds. The standard InChI is InChI=1S/C20H26N2O2/c1-15-19(16(2)24-21-15)14-22-12-6-9-18(13-22)20(23)11-10-17-7-4-3-5-8-17/h3-5,7-8,18H,6,9-14H2,1-2H3/t18-/m0/s1. The maximum Gasteiger partial charge on any atom is 0.138 e. The van der Waals surface area contributed by atoms with E-state index in [-0.39, 0.29) is 5.92 Å². The van der Waals surface area contributed by atoms with Crippen LogP contribution in [0.1, 0.15) is 41.8 Å². The van der Waals surface area contributed by atoms with E-state index >= 15 is 0 Å². The Hall–Kier alpha value is -1.94. The molecule has 1 aliphatic rings. The van der Waals surface area contributed by atoms with E-state index in [0.29, 0.717) is 12.2 Å². The van der Waals surface area contributed by atoms with Gasteiger partial charge < -0.3 is 4.52 Å². The third kappa shape index (κ3) is 4.12. The predicted octanol–water partition coefficient (Wildman–Crippen LogP) is 3.71. The van der Waals surface area contributed by atoms with E-state index in [9.17, 15) is 4.79 Å². The summed E-state index contributed by atoms with van der Waals surface area (Å²) in [6.07, 6.45) is 3.60. The molecule has 1 aliphatic heterocycles. The fourth-order valence-electron chi connectivity index (χ4n) is 3.53. The number of aryl methyl sites for hydroxylation is 3. The molecule has 2 heterocycles. The molecule has 1 atom stereocenters. The Morgan fingerprint density at radius 1 is 1.29 bits per heavy atom. The van der Waals surface area contributed by atoms with E-state index in [4.69, 9.17) is 4.52 Å². The van der Waals surface area contributed by atoms with Crippen LogP contribution in [-0.4, -0.2) is 28.9 Å². The van der Waals surface area contributed by atoms with Gasteiger partial charge in [0.05, 0.1) is 5.69 Å². The zero-order valence-electron chi connectivity index (χ0n) is 14.6. The lowest BCUT2D eigenvalue weighted by molar-refractivity contribution is -0.124. The van der Waals surface area contributed by atoms with Crippen LogP contribution in [0, 0.1) is 19.8 Å². The molecule has 0 bridgehead atoms. The molecule has 24 heavy (non-hydrogen) atoms. The number of hydrogen-bond donors (Lipinski definition) is 0. The topological polar surface area (TPSA) is 46.3 Å². The summed E-state index contributed by atoms with van der Waals surface area (Å²) in [5.41, 5.74) is 3.38. The van der Waals surface area contributed by atoms with Gasteiger partial charge in [0.15, 0.2) is 0 Å². The van der Waals surface area contributed by atoms with E-state index in [1.807, 2.05) is 32.0 Å². The molecular formula is C20H26N2O2. The Kier molecular flexibility index (Phi) is 5.46. The number of hydrogen-bond acceptors (Lipinski definition) is 4. The van der Waals surface area contributed by atoms with E-state index in [1.54, 1.807) is 0 Å². The average Bonchev–Trinajstić information content (AvgIpc) is 2.93. The summed E-state index contributed by atoms with van der Waals surface area (Å²) in [7, 11) is 0. The van der Waals surface area contributed by atoms with Gasteiger partial charge in [-0.2, -0.15) is 0 Å². The van der Waals surface area contributed by atoms with Crippen molar-refractivity contribution in [2.45, 2.75) is 46.1 Å². The summed E-state index contributed by atoms with van der Waals surface area (Å²) in [6, 6.07) is 10.3. The number of piperidine rings is 1. The van der Waals surface area contributed by atoms with Crippen LogP contribution < -0.4 is 0 Å². The van der Waals surface area contributed by atoms with Crippen molar-refractivity contribution in [1.82, 2.24) is 10.1 Å². The SMILES string of the molecule is Cc1noc(C)c1CN1CCC[C@H](C(=O)CCc2ccccc2)C1. The number of aromatic nitrogens is 1. The molecule has 0 spiro atoms. The van der Waals surface area contributed by atoms with Gasteiger partial charge in [0.25, 0.3) is 0 Å². The van der Waals surface area contributed by atoms with Crippen LogP contribution in [0.2, 0.25) is 0 Å². The summed E-state index contributed by atoms with van der Waals surface area (Å²) in [5, 5.41) is 4.03. The molecule has 1 fully saturated rings. The summed E-state index contributed by atoms with van der Waals surface area (Å²) >= 11 is 0. The monoisotopic (exact) mass is 326 g/mol. The summed E-state index contributed by atoms with van der Waals surface area (Å²) < 4.78 is 5.26. The van der Waals surface area contributed by atoms with Crippen LogP contribution in [0.4, 0.5) is 0 Å². The first-order valence-corrected chi connectivity index (χ1v) is 8.84. The Morgan fingerprint density at radius 2 is 2.08 bits per heavy atom. The number of carbonyl (C=O) groups excluding carboxylic acids is 1. The number of nitrogens with zero attached hydrogens (tertiary/aromatic N) is 2. The van der Waals surface area contributed by atoms with Crippen molar-refractivity contribution in [1.29, 1.82) is 0 Å². The molecule has 2 aromatic rings. The molecule has 3 rings (SSSR count). The molecule has 1 aromatic heterocycles. The Morgan fingerprint density at radius 3 is 2.79 bits per heavy atom. The number of ketones is 1. The number of likely N-dealkylation sites (tertiary alicyclic amines) is 1. The van der Waals surface area contributed by atoms with E-state index in [0.717, 1.165) is 50.4 Å². The Bertz CT molecular complexity index is 659. The molecule has 0 unspecified atom stereocenters. The minimum atomic E-state index is 0.169. The highest BCUT2D eigenvalue weighted by Crippen LogP contribution is 2.23. The zero-order chi connectivity index (χ0) is 16.9. The highest BCUT2D eigenvalue weighted by atomic mass is 16.5. The number of benzene rings is 1.